The van der Waals surface area contributed by atoms with Crippen LogP contribution in [0.15, 0.2) is 6.20 Å². The third-order valence-electron chi connectivity index (χ3n) is 4.51. The van der Waals surface area contributed by atoms with Gasteiger partial charge in [-0.25, -0.2) is 4.98 Å². The number of aromatic nitrogens is 2. The summed E-state index contributed by atoms with van der Waals surface area (Å²) in [6.45, 7) is 8.68. The lowest BCUT2D eigenvalue weighted by Crippen LogP contribution is -2.41. The largest absolute Gasteiger partial charge is 0.383 e. The number of nitrogens with one attached hydrogen (secondary N) is 1. The first-order valence-corrected chi connectivity index (χ1v) is 9.03. The van der Waals surface area contributed by atoms with Gasteiger partial charge in [-0.2, -0.15) is 0 Å². The van der Waals surface area contributed by atoms with Gasteiger partial charge in [0.15, 0.2) is 0 Å². The number of ether oxygens (including phenoxy) is 1. The molecule has 0 bridgehead atoms. The van der Waals surface area contributed by atoms with E-state index in [4.69, 9.17) is 4.74 Å². The molecule has 25 heavy (non-hydrogen) atoms. The number of fused-ring (bicyclic) bond motifs is 1. The van der Waals surface area contributed by atoms with Crippen molar-refractivity contribution in [3.63, 3.8) is 0 Å². The molecule has 0 spiro atoms. The molecule has 7 heteroatoms. The van der Waals surface area contributed by atoms with Crippen molar-refractivity contribution >= 4 is 11.8 Å². The molecule has 0 radical (unpaired) electrons. The summed E-state index contributed by atoms with van der Waals surface area (Å²) in [5.41, 5.74) is 0.744. The van der Waals surface area contributed by atoms with Crippen LogP contribution in [0.3, 0.4) is 0 Å². The Morgan fingerprint density at radius 3 is 2.84 bits per heavy atom. The normalized spacial score (nSPS) is 16.8. The number of rotatable bonds is 8. The summed E-state index contributed by atoms with van der Waals surface area (Å²) in [5.74, 6) is 1.51. The summed E-state index contributed by atoms with van der Waals surface area (Å²) < 4.78 is 6.98. The fraction of sp³-hybridized carbons (Fsp3) is 0.722. The lowest BCUT2D eigenvalue weighted by molar-refractivity contribution is -0.134. The van der Waals surface area contributed by atoms with Gasteiger partial charge in [0.25, 0.3) is 0 Å². The Balaban J connectivity index is 1.96. The molecule has 0 saturated carbocycles. The lowest BCUT2D eigenvalue weighted by Gasteiger charge is -2.34. The Hall–Kier alpha value is -1.89. The number of imidazole rings is 1. The van der Waals surface area contributed by atoms with E-state index in [2.05, 4.69) is 28.7 Å². The quantitative estimate of drug-likeness (QED) is 0.722. The molecule has 0 aromatic carbocycles. The number of nitrogens with zero attached hydrogens (tertiary/aromatic N) is 3. The van der Waals surface area contributed by atoms with Crippen molar-refractivity contribution in [2.24, 2.45) is 5.92 Å². The van der Waals surface area contributed by atoms with E-state index in [0.717, 1.165) is 24.5 Å². The van der Waals surface area contributed by atoms with Crippen LogP contribution < -0.4 is 5.32 Å². The zero-order valence-corrected chi connectivity index (χ0v) is 15.7. The number of carbonyl (C=O) groups is 2. The predicted octanol–water partition coefficient (Wildman–Crippen LogP) is 1.53. The second kappa shape index (κ2) is 8.99. The second-order valence-corrected chi connectivity index (χ2v) is 7.00. The molecule has 0 saturated heterocycles. The zero-order valence-electron chi connectivity index (χ0n) is 15.7. The molecule has 1 aliphatic rings. The average molecular weight is 350 g/mol. The third kappa shape index (κ3) is 5.29. The topological polar surface area (TPSA) is 76.5 Å². The van der Waals surface area contributed by atoms with Crippen LogP contribution in [0.4, 0.5) is 0 Å². The summed E-state index contributed by atoms with van der Waals surface area (Å²) >= 11 is 0. The van der Waals surface area contributed by atoms with Crippen LogP contribution in [-0.2, 0) is 27.3 Å². The van der Waals surface area contributed by atoms with Gasteiger partial charge in [0.2, 0.25) is 11.8 Å². The molecule has 2 amide bonds. The van der Waals surface area contributed by atoms with Crippen LogP contribution in [0.1, 0.15) is 51.2 Å². The molecule has 140 valence electrons. The Morgan fingerprint density at radius 2 is 2.16 bits per heavy atom. The summed E-state index contributed by atoms with van der Waals surface area (Å²) in [6.07, 6.45) is 3.66. The lowest BCUT2D eigenvalue weighted by atomic mass is 10.1. The summed E-state index contributed by atoms with van der Waals surface area (Å²) in [4.78, 5) is 30.9. The van der Waals surface area contributed by atoms with Crippen LogP contribution in [0, 0.1) is 5.92 Å². The van der Waals surface area contributed by atoms with Crippen LogP contribution in [0.2, 0.25) is 0 Å². The molecule has 0 fully saturated rings. The van der Waals surface area contributed by atoms with Crippen molar-refractivity contribution in [2.75, 3.05) is 26.8 Å². The van der Waals surface area contributed by atoms with E-state index in [-0.39, 0.29) is 24.3 Å². The Labute approximate surface area is 149 Å². The first-order chi connectivity index (χ1) is 11.9. The fourth-order valence-corrected chi connectivity index (χ4v) is 3.05. The van der Waals surface area contributed by atoms with Gasteiger partial charge >= 0.3 is 0 Å². The molecule has 2 heterocycles. The van der Waals surface area contributed by atoms with Crippen LogP contribution in [0.25, 0.3) is 0 Å². The first kappa shape index (κ1) is 19.4. The summed E-state index contributed by atoms with van der Waals surface area (Å²) in [6, 6.07) is -0.0567. The van der Waals surface area contributed by atoms with E-state index in [9.17, 15) is 9.59 Å². The molecule has 1 N–H and O–H groups in total. The molecule has 1 aliphatic heterocycles. The van der Waals surface area contributed by atoms with E-state index in [0.29, 0.717) is 32.0 Å². The molecular formula is C18H30N4O3. The van der Waals surface area contributed by atoms with Gasteiger partial charge < -0.3 is 19.5 Å². The number of carbonyl (C=O) groups excluding carboxylic acids is 2. The molecule has 2 rings (SSSR count). The third-order valence-corrected chi connectivity index (χ3v) is 4.51. The van der Waals surface area contributed by atoms with Crippen molar-refractivity contribution in [1.82, 2.24) is 19.8 Å². The minimum atomic E-state index is -0.0648. The highest BCUT2D eigenvalue weighted by Gasteiger charge is 2.29. The average Bonchev–Trinajstić information content (AvgIpc) is 2.96. The minimum absolute atomic E-state index is 0.0567. The maximum atomic E-state index is 12.5. The predicted molar refractivity (Wildman–Crippen MR) is 95.0 cm³/mol. The van der Waals surface area contributed by atoms with Crippen molar-refractivity contribution in [2.45, 2.75) is 52.6 Å². The maximum absolute atomic E-state index is 12.5. The standard InChI is InChI=1S/C18H30N4O3/c1-13(2)5-6-17(24)22-9-8-21-12-15(20-18(21)14(22)3)11-16(23)19-7-10-25-4/h12-14H,5-11H2,1-4H3,(H,19,23). The summed E-state index contributed by atoms with van der Waals surface area (Å²) in [7, 11) is 1.60. The Morgan fingerprint density at radius 1 is 1.40 bits per heavy atom. The highest BCUT2D eigenvalue weighted by atomic mass is 16.5. The van der Waals surface area contributed by atoms with Gasteiger partial charge in [-0.1, -0.05) is 13.8 Å². The highest BCUT2D eigenvalue weighted by Crippen LogP contribution is 2.26. The van der Waals surface area contributed by atoms with Gasteiger partial charge in [-0.05, 0) is 19.3 Å². The van der Waals surface area contributed by atoms with Crippen molar-refractivity contribution in [3.05, 3.63) is 17.7 Å². The molecule has 7 nitrogen and oxygen atoms in total. The molecule has 1 atom stereocenters. The van der Waals surface area contributed by atoms with E-state index in [1.165, 1.54) is 0 Å². The summed E-state index contributed by atoms with van der Waals surface area (Å²) in [5, 5.41) is 2.80. The minimum Gasteiger partial charge on any atom is -0.383 e. The highest BCUT2D eigenvalue weighted by molar-refractivity contribution is 5.78. The number of hydrogen-bond donors (Lipinski definition) is 1. The fourth-order valence-electron chi connectivity index (χ4n) is 3.05. The SMILES string of the molecule is COCCNC(=O)Cc1cn2c(n1)C(C)N(C(=O)CCC(C)C)CC2. The van der Waals surface area contributed by atoms with E-state index < -0.39 is 0 Å². The zero-order chi connectivity index (χ0) is 18.4. The van der Waals surface area contributed by atoms with Gasteiger partial charge in [-0.15, -0.1) is 0 Å². The van der Waals surface area contributed by atoms with Gasteiger partial charge in [-0.3, -0.25) is 9.59 Å². The van der Waals surface area contributed by atoms with Crippen LogP contribution >= 0.6 is 0 Å². The van der Waals surface area contributed by atoms with E-state index in [1.807, 2.05) is 18.0 Å². The first-order valence-electron chi connectivity index (χ1n) is 9.03. The second-order valence-electron chi connectivity index (χ2n) is 7.00. The van der Waals surface area contributed by atoms with Crippen molar-refractivity contribution in [3.8, 4) is 0 Å². The molecule has 0 aliphatic carbocycles. The van der Waals surface area contributed by atoms with Crippen LogP contribution in [-0.4, -0.2) is 53.1 Å². The Kier molecular flexibility index (Phi) is 6.99. The monoisotopic (exact) mass is 350 g/mol. The van der Waals surface area contributed by atoms with E-state index in [1.54, 1.807) is 7.11 Å². The van der Waals surface area contributed by atoms with E-state index >= 15 is 0 Å². The van der Waals surface area contributed by atoms with Crippen LogP contribution in [0.5, 0.6) is 0 Å². The molecule has 1 aromatic rings. The number of methoxy groups -OCH3 is 1. The number of hydrogen-bond acceptors (Lipinski definition) is 4. The van der Waals surface area contributed by atoms with Gasteiger partial charge in [0.05, 0.1) is 24.8 Å². The molecule has 1 aromatic heterocycles. The molecule has 1 unspecified atom stereocenters. The smallest absolute Gasteiger partial charge is 0.226 e. The number of amides is 2. The Bertz CT molecular complexity index is 597. The maximum Gasteiger partial charge on any atom is 0.226 e. The van der Waals surface area contributed by atoms with Crippen molar-refractivity contribution in [1.29, 1.82) is 0 Å². The van der Waals surface area contributed by atoms with Gasteiger partial charge in [0, 0.05) is 39.4 Å². The molecular weight excluding hydrogens is 320 g/mol. The van der Waals surface area contributed by atoms with Crippen molar-refractivity contribution < 1.29 is 14.3 Å². The van der Waals surface area contributed by atoms with Gasteiger partial charge in [0.1, 0.15) is 5.82 Å².